The van der Waals surface area contributed by atoms with Gasteiger partial charge in [-0.1, -0.05) is 37.9 Å². The van der Waals surface area contributed by atoms with Crippen LogP contribution in [-0.2, 0) is 4.79 Å². The number of hydrogen-bond acceptors (Lipinski definition) is 4. The molecule has 1 heterocycles. The van der Waals surface area contributed by atoms with Crippen molar-refractivity contribution in [1.82, 2.24) is 5.32 Å². The minimum atomic E-state index is -1.09. The average Bonchev–Trinajstić information content (AvgIpc) is 3.15. The number of amides is 2. The number of anilines is 1. The standard InChI is InChI=1S/C18H19ClN2O4S/c1-3-10(2)15(18(24)25)21-16(22)11-6-7-12(19)13(9-11)20-17(23)14-5-4-8-26-14/h4-10,15H,3H2,1-2H3,(H,20,23)(H,21,22)(H,24,25)/t10-,15-/m0/s1. The van der Waals surface area contributed by atoms with E-state index in [1.165, 1.54) is 29.5 Å². The highest BCUT2D eigenvalue weighted by atomic mass is 35.5. The maximum absolute atomic E-state index is 12.4. The summed E-state index contributed by atoms with van der Waals surface area (Å²) < 4.78 is 0. The second kappa shape index (κ2) is 8.82. The van der Waals surface area contributed by atoms with Gasteiger partial charge in [-0.15, -0.1) is 11.3 Å². The quantitative estimate of drug-likeness (QED) is 0.664. The highest BCUT2D eigenvalue weighted by Gasteiger charge is 2.26. The van der Waals surface area contributed by atoms with Crippen molar-refractivity contribution >= 4 is 46.4 Å². The predicted octanol–water partition coefficient (Wildman–Crippen LogP) is 3.88. The van der Waals surface area contributed by atoms with Crippen LogP contribution in [0.3, 0.4) is 0 Å². The van der Waals surface area contributed by atoms with Gasteiger partial charge in [0.1, 0.15) is 6.04 Å². The molecule has 0 bridgehead atoms. The summed E-state index contributed by atoms with van der Waals surface area (Å²) in [7, 11) is 0. The molecule has 0 aliphatic rings. The first kappa shape index (κ1) is 19.9. The summed E-state index contributed by atoms with van der Waals surface area (Å²) in [6.07, 6.45) is 0.611. The lowest BCUT2D eigenvalue weighted by Gasteiger charge is -2.20. The van der Waals surface area contributed by atoms with Crippen molar-refractivity contribution in [3.63, 3.8) is 0 Å². The summed E-state index contributed by atoms with van der Waals surface area (Å²) >= 11 is 7.38. The molecular weight excluding hydrogens is 376 g/mol. The molecule has 2 aromatic rings. The molecule has 1 aromatic carbocycles. The summed E-state index contributed by atoms with van der Waals surface area (Å²) in [5, 5.41) is 16.5. The Bertz CT molecular complexity index is 808. The van der Waals surface area contributed by atoms with E-state index >= 15 is 0 Å². The van der Waals surface area contributed by atoms with Gasteiger partial charge in [-0.3, -0.25) is 9.59 Å². The van der Waals surface area contributed by atoms with Crippen LogP contribution in [0.2, 0.25) is 5.02 Å². The van der Waals surface area contributed by atoms with Crippen molar-refractivity contribution in [2.24, 2.45) is 5.92 Å². The van der Waals surface area contributed by atoms with Crippen LogP contribution < -0.4 is 10.6 Å². The Balaban J connectivity index is 2.18. The minimum absolute atomic E-state index is 0.213. The summed E-state index contributed by atoms with van der Waals surface area (Å²) in [6.45, 7) is 3.61. The fourth-order valence-corrected chi connectivity index (χ4v) is 3.05. The Morgan fingerprint density at radius 2 is 1.96 bits per heavy atom. The van der Waals surface area contributed by atoms with Gasteiger partial charge in [-0.2, -0.15) is 0 Å². The molecular formula is C18H19ClN2O4S. The van der Waals surface area contributed by atoms with Gasteiger partial charge in [0.2, 0.25) is 0 Å². The van der Waals surface area contributed by atoms with Crippen LogP contribution in [0.15, 0.2) is 35.7 Å². The van der Waals surface area contributed by atoms with Gasteiger partial charge in [0.25, 0.3) is 11.8 Å². The molecule has 0 radical (unpaired) electrons. The zero-order valence-corrected chi connectivity index (χ0v) is 15.9. The number of carbonyl (C=O) groups is 3. The Morgan fingerprint density at radius 3 is 2.54 bits per heavy atom. The van der Waals surface area contributed by atoms with E-state index in [0.717, 1.165) is 0 Å². The Morgan fingerprint density at radius 1 is 1.23 bits per heavy atom. The molecule has 2 atom stereocenters. The molecule has 0 saturated heterocycles. The van der Waals surface area contributed by atoms with Crippen LogP contribution in [0.25, 0.3) is 0 Å². The SMILES string of the molecule is CC[C@H](C)[C@H](NC(=O)c1ccc(Cl)c(NC(=O)c2cccs2)c1)C(=O)O. The number of rotatable bonds is 7. The topological polar surface area (TPSA) is 95.5 Å². The minimum Gasteiger partial charge on any atom is -0.480 e. The number of nitrogens with one attached hydrogen (secondary N) is 2. The number of halogens is 1. The number of carbonyl (C=O) groups excluding carboxylic acids is 2. The molecule has 8 heteroatoms. The molecule has 138 valence electrons. The van der Waals surface area contributed by atoms with E-state index in [9.17, 15) is 19.5 Å². The molecule has 6 nitrogen and oxygen atoms in total. The number of carboxylic acids is 1. The summed E-state index contributed by atoms with van der Waals surface area (Å²) in [4.78, 5) is 36.5. The number of benzene rings is 1. The van der Waals surface area contributed by atoms with Crippen molar-refractivity contribution in [2.75, 3.05) is 5.32 Å². The molecule has 0 aliphatic carbocycles. The fraction of sp³-hybridized carbons (Fsp3) is 0.278. The number of aliphatic carboxylic acids is 1. The summed E-state index contributed by atoms with van der Waals surface area (Å²) in [5.41, 5.74) is 0.499. The average molecular weight is 395 g/mol. The molecule has 2 amide bonds. The third kappa shape index (κ3) is 4.83. The lowest BCUT2D eigenvalue weighted by Crippen LogP contribution is -2.45. The first-order chi connectivity index (χ1) is 12.3. The maximum atomic E-state index is 12.4. The predicted molar refractivity (Wildman–Crippen MR) is 102 cm³/mol. The van der Waals surface area contributed by atoms with Crippen LogP contribution in [0.4, 0.5) is 5.69 Å². The van der Waals surface area contributed by atoms with Gasteiger partial charge in [0, 0.05) is 5.56 Å². The van der Waals surface area contributed by atoms with Crippen molar-refractivity contribution in [3.8, 4) is 0 Å². The number of hydrogen-bond donors (Lipinski definition) is 3. The molecule has 3 N–H and O–H groups in total. The van der Waals surface area contributed by atoms with Crippen molar-refractivity contribution in [1.29, 1.82) is 0 Å². The third-order valence-electron chi connectivity index (χ3n) is 3.99. The molecule has 0 aliphatic heterocycles. The van der Waals surface area contributed by atoms with Crippen LogP contribution in [0.1, 0.15) is 40.3 Å². The molecule has 0 spiro atoms. The van der Waals surface area contributed by atoms with Crippen molar-refractivity contribution < 1.29 is 19.5 Å². The molecule has 0 saturated carbocycles. The largest absolute Gasteiger partial charge is 0.480 e. The second-order valence-corrected chi connectivity index (χ2v) is 7.16. The van der Waals surface area contributed by atoms with Crippen LogP contribution >= 0.6 is 22.9 Å². The second-order valence-electron chi connectivity index (χ2n) is 5.80. The molecule has 0 fully saturated rings. The molecule has 0 unspecified atom stereocenters. The normalized spacial score (nSPS) is 12.9. The van der Waals surface area contributed by atoms with E-state index in [1.54, 1.807) is 24.4 Å². The zero-order chi connectivity index (χ0) is 19.3. The Kier molecular flexibility index (Phi) is 6.76. The number of thiophene rings is 1. The monoisotopic (exact) mass is 394 g/mol. The van der Waals surface area contributed by atoms with Gasteiger partial charge in [0.05, 0.1) is 15.6 Å². The molecule has 2 rings (SSSR count). The van der Waals surface area contributed by atoms with E-state index in [0.29, 0.717) is 11.3 Å². The van der Waals surface area contributed by atoms with E-state index in [-0.39, 0.29) is 28.1 Å². The van der Waals surface area contributed by atoms with Gasteiger partial charge < -0.3 is 15.7 Å². The number of carboxylic acid groups (broad SMARTS) is 1. The van der Waals surface area contributed by atoms with Crippen molar-refractivity contribution in [2.45, 2.75) is 26.3 Å². The Hall–Kier alpha value is -2.38. The molecule has 26 heavy (non-hydrogen) atoms. The van der Waals surface area contributed by atoms with Crippen LogP contribution in [0.5, 0.6) is 0 Å². The van der Waals surface area contributed by atoms with Gasteiger partial charge >= 0.3 is 5.97 Å². The summed E-state index contributed by atoms with van der Waals surface area (Å²) in [5.74, 6) is -2.18. The van der Waals surface area contributed by atoms with E-state index in [2.05, 4.69) is 10.6 Å². The zero-order valence-electron chi connectivity index (χ0n) is 14.3. The van der Waals surface area contributed by atoms with Gasteiger partial charge in [-0.05, 0) is 35.6 Å². The van der Waals surface area contributed by atoms with E-state index in [4.69, 9.17) is 11.6 Å². The van der Waals surface area contributed by atoms with E-state index < -0.39 is 17.9 Å². The lowest BCUT2D eigenvalue weighted by atomic mass is 9.99. The molecule has 1 aromatic heterocycles. The van der Waals surface area contributed by atoms with E-state index in [1.807, 2.05) is 6.92 Å². The lowest BCUT2D eigenvalue weighted by molar-refractivity contribution is -0.140. The highest BCUT2D eigenvalue weighted by Crippen LogP contribution is 2.24. The van der Waals surface area contributed by atoms with Crippen molar-refractivity contribution in [3.05, 3.63) is 51.2 Å². The summed E-state index contributed by atoms with van der Waals surface area (Å²) in [6, 6.07) is 6.83. The van der Waals surface area contributed by atoms with Gasteiger partial charge in [-0.25, -0.2) is 4.79 Å². The fourth-order valence-electron chi connectivity index (χ4n) is 2.26. The van der Waals surface area contributed by atoms with Crippen LogP contribution in [0, 0.1) is 5.92 Å². The van der Waals surface area contributed by atoms with Gasteiger partial charge in [0.15, 0.2) is 0 Å². The third-order valence-corrected chi connectivity index (χ3v) is 5.19. The van der Waals surface area contributed by atoms with Crippen LogP contribution in [-0.4, -0.2) is 28.9 Å². The highest BCUT2D eigenvalue weighted by molar-refractivity contribution is 7.12. The first-order valence-electron chi connectivity index (χ1n) is 8.01. The smallest absolute Gasteiger partial charge is 0.326 e. The first-order valence-corrected chi connectivity index (χ1v) is 9.27. The maximum Gasteiger partial charge on any atom is 0.326 e. The Labute approximate surface area is 160 Å².